The number of nitrogens with zero attached hydrogens (tertiary/aromatic N) is 1. The number of rotatable bonds is 3. The Morgan fingerprint density at radius 3 is 2.81 bits per heavy atom. The summed E-state index contributed by atoms with van der Waals surface area (Å²) >= 11 is 0. The number of nitrogens with two attached hydrogens (primary N) is 1. The first-order chi connectivity index (χ1) is 9.75. The Balaban J connectivity index is 1.91. The third kappa shape index (κ3) is 4.07. The fraction of sp³-hybridized carbons (Fsp3) is 0.533. The maximum Gasteiger partial charge on any atom is 0.330 e. The maximum atomic E-state index is 13.6. The summed E-state index contributed by atoms with van der Waals surface area (Å²) in [4.78, 5) is 17.1. The summed E-state index contributed by atoms with van der Waals surface area (Å²) in [5.74, 6) is -0.614. The highest BCUT2D eigenvalue weighted by molar-refractivity contribution is 5.75. The molecule has 0 saturated carbocycles. The summed E-state index contributed by atoms with van der Waals surface area (Å²) in [5, 5.41) is 1.56. The van der Waals surface area contributed by atoms with Crippen molar-refractivity contribution < 1.29 is 18.8 Å². The van der Waals surface area contributed by atoms with Gasteiger partial charge in [-0.05, 0) is 32.9 Å². The molecule has 0 unspecified atom stereocenters. The van der Waals surface area contributed by atoms with E-state index < -0.39 is 11.2 Å². The highest BCUT2D eigenvalue weighted by Crippen LogP contribution is 2.25. The first-order valence-electron chi connectivity index (χ1n) is 6.95. The highest BCUT2D eigenvalue weighted by atomic mass is 19.1. The fourth-order valence-corrected chi connectivity index (χ4v) is 1.92. The fourth-order valence-electron chi connectivity index (χ4n) is 1.92. The molecular formula is C15H21FN2O3. The van der Waals surface area contributed by atoms with E-state index in [1.54, 1.807) is 25.8 Å². The van der Waals surface area contributed by atoms with Crippen molar-refractivity contribution in [1.29, 1.82) is 0 Å². The quantitative estimate of drug-likeness (QED) is 0.867. The third-order valence-corrected chi connectivity index (χ3v) is 3.18. The number of carbonyl (C=O) groups excluding carboxylic acids is 1. The van der Waals surface area contributed by atoms with Crippen LogP contribution in [-0.2, 0) is 9.63 Å². The van der Waals surface area contributed by atoms with E-state index in [0.717, 1.165) is 0 Å². The second kappa shape index (κ2) is 5.89. The molecule has 0 aromatic heterocycles. The Morgan fingerprint density at radius 2 is 2.14 bits per heavy atom. The van der Waals surface area contributed by atoms with E-state index in [1.165, 1.54) is 18.2 Å². The molecule has 0 aliphatic carbocycles. The number of hydrogen-bond donors (Lipinski definition) is 1. The molecule has 0 amide bonds. The summed E-state index contributed by atoms with van der Waals surface area (Å²) < 4.78 is 19.2. The molecule has 6 heteroatoms. The topological polar surface area (TPSA) is 64.8 Å². The number of hydroxylamine groups is 2. The predicted octanol–water partition coefficient (Wildman–Crippen LogP) is 2.37. The van der Waals surface area contributed by atoms with Gasteiger partial charge >= 0.3 is 5.97 Å². The van der Waals surface area contributed by atoms with Gasteiger partial charge in [0.15, 0.2) is 11.6 Å². The average molecular weight is 296 g/mol. The third-order valence-electron chi connectivity index (χ3n) is 3.18. The van der Waals surface area contributed by atoms with Crippen molar-refractivity contribution in [3.8, 4) is 5.75 Å². The minimum atomic E-state index is -0.557. The molecule has 116 valence electrons. The van der Waals surface area contributed by atoms with E-state index >= 15 is 0 Å². The van der Waals surface area contributed by atoms with Crippen LogP contribution in [0.3, 0.4) is 0 Å². The smallest absolute Gasteiger partial charge is 0.330 e. The highest BCUT2D eigenvalue weighted by Gasteiger charge is 2.31. The SMILES string of the molecule is CC(C)(C)C(=O)ON1CC[C@@H](Oc2cc(N)ccc2F)C1. The van der Waals surface area contributed by atoms with Crippen molar-refractivity contribution in [2.75, 3.05) is 18.8 Å². The minimum Gasteiger partial charge on any atom is -0.486 e. The number of ether oxygens (including phenoxy) is 1. The van der Waals surface area contributed by atoms with Crippen LogP contribution >= 0.6 is 0 Å². The van der Waals surface area contributed by atoms with E-state index in [9.17, 15) is 9.18 Å². The largest absolute Gasteiger partial charge is 0.486 e. The average Bonchev–Trinajstić information content (AvgIpc) is 2.80. The number of nitrogen functional groups attached to an aromatic ring is 1. The molecular weight excluding hydrogens is 275 g/mol. The molecule has 1 heterocycles. The van der Waals surface area contributed by atoms with Crippen LogP contribution in [0.15, 0.2) is 18.2 Å². The number of hydrogen-bond acceptors (Lipinski definition) is 5. The Bertz CT molecular complexity index is 528. The van der Waals surface area contributed by atoms with Gasteiger partial charge in [0.2, 0.25) is 0 Å². The predicted molar refractivity (Wildman–Crippen MR) is 77.0 cm³/mol. The standard InChI is InChI=1S/C15H21FN2O3/c1-15(2,3)14(19)21-18-7-6-11(9-18)20-13-8-10(17)4-5-12(13)16/h4-5,8,11H,6-7,9,17H2,1-3H3/t11-/m1/s1. The van der Waals surface area contributed by atoms with E-state index in [2.05, 4.69) is 0 Å². The van der Waals surface area contributed by atoms with Crippen LogP contribution in [0.1, 0.15) is 27.2 Å². The number of carbonyl (C=O) groups is 1. The maximum absolute atomic E-state index is 13.6. The van der Waals surface area contributed by atoms with Crippen LogP contribution in [0.25, 0.3) is 0 Å². The van der Waals surface area contributed by atoms with Crippen molar-refractivity contribution in [2.45, 2.75) is 33.3 Å². The van der Waals surface area contributed by atoms with Crippen molar-refractivity contribution in [1.82, 2.24) is 5.06 Å². The van der Waals surface area contributed by atoms with Crippen molar-refractivity contribution in [2.24, 2.45) is 5.41 Å². The zero-order valence-corrected chi connectivity index (χ0v) is 12.6. The van der Waals surface area contributed by atoms with Crippen LogP contribution in [0.4, 0.5) is 10.1 Å². The molecule has 1 atom stereocenters. The Hall–Kier alpha value is -1.82. The van der Waals surface area contributed by atoms with E-state index in [1.807, 2.05) is 0 Å². The van der Waals surface area contributed by atoms with Crippen molar-refractivity contribution >= 4 is 11.7 Å². The summed E-state index contributed by atoms with van der Waals surface area (Å²) in [6.45, 7) is 6.36. The van der Waals surface area contributed by atoms with Crippen LogP contribution < -0.4 is 10.5 Å². The number of halogens is 1. The molecule has 0 spiro atoms. The van der Waals surface area contributed by atoms with E-state index in [4.69, 9.17) is 15.3 Å². The lowest BCUT2D eigenvalue weighted by molar-refractivity contribution is -0.196. The van der Waals surface area contributed by atoms with Crippen LogP contribution in [0.5, 0.6) is 5.75 Å². The molecule has 1 aliphatic rings. The lowest BCUT2D eigenvalue weighted by Crippen LogP contribution is -2.33. The van der Waals surface area contributed by atoms with E-state index in [0.29, 0.717) is 25.2 Å². The number of benzene rings is 1. The molecule has 1 fully saturated rings. The molecule has 5 nitrogen and oxygen atoms in total. The lowest BCUT2D eigenvalue weighted by atomic mass is 9.98. The van der Waals surface area contributed by atoms with E-state index in [-0.39, 0.29) is 17.8 Å². The summed E-state index contributed by atoms with van der Waals surface area (Å²) in [6, 6.07) is 4.21. The molecule has 21 heavy (non-hydrogen) atoms. The van der Waals surface area contributed by atoms with Crippen molar-refractivity contribution in [3.05, 3.63) is 24.0 Å². The minimum absolute atomic E-state index is 0.129. The molecule has 1 aromatic rings. The monoisotopic (exact) mass is 296 g/mol. The molecule has 2 rings (SSSR count). The Labute approximate surface area is 123 Å². The van der Waals surface area contributed by atoms with Gasteiger partial charge in [-0.3, -0.25) is 0 Å². The normalized spacial score (nSPS) is 19.5. The zero-order chi connectivity index (χ0) is 15.6. The Kier molecular flexibility index (Phi) is 4.37. The second-order valence-electron chi connectivity index (χ2n) is 6.24. The second-order valence-corrected chi connectivity index (χ2v) is 6.24. The van der Waals surface area contributed by atoms with Gasteiger partial charge in [-0.15, -0.1) is 5.06 Å². The van der Waals surface area contributed by atoms with Gasteiger partial charge in [-0.1, -0.05) is 0 Å². The first-order valence-corrected chi connectivity index (χ1v) is 6.95. The molecule has 1 aromatic carbocycles. The van der Waals surface area contributed by atoms with Crippen LogP contribution in [0, 0.1) is 11.2 Å². The summed E-state index contributed by atoms with van der Waals surface area (Å²) in [6.07, 6.45) is 0.431. The van der Waals surface area contributed by atoms with Crippen LogP contribution in [-0.4, -0.2) is 30.2 Å². The van der Waals surface area contributed by atoms with Gasteiger partial charge in [-0.2, -0.15) is 0 Å². The molecule has 2 N–H and O–H groups in total. The lowest BCUT2D eigenvalue weighted by Gasteiger charge is -2.22. The summed E-state index contributed by atoms with van der Waals surface area (Å²) in [5.41, 5.74) is 5.50. The van der Waals surface area contributed by atoms with Gasteiger partial charge in [-0.25, -0.2) is 9.18 Å². The van der Waals surface area contributed by atoms with Gasteiger partial charge in [0.1, 0.15) is 6.10 Å². The van der Waals surface area contributed by atoms with Gasteiger partial charge < -0.3 is 15.3 Å². The van der Waals surface area contributed by atoms with Gasteiger partial charge in [0.05, 0.1) is 12.0 Å². The van der Waals surface area contributed by atoms with Gasteiger partial charge in [0.25, 0.3) is 0 Å². The molecule has 1 saturated heterocycles. The van der Waals surface area contributed by atoms with Crippen LogP contribution in [0.2, 0.25) is 0 Å². The number of anilines is 1. The Morgan fingerprint density at radius 1 is 1.43 bits per heavy atom. The molecule has 1 aliphatic heterocycles. The van der Waals surface area contributed by atoms with Crippen molar-refractivity contribution in [3.63, 3.8) is 0 Å². The van der Waals surface area contributed by atoms with Gasteiger partial charge in [0, 0.05) is 24.7 Å². The summed E-state index contributed by atoms with van der Waals surface area (Å²) in [7, 11) is 0. The first kappa shape index (κ1) is 15.6. The molecule has 0 bridgehead atoms. The zero-order valence-electron chi connectivity index (χ0n) is 12.6. The molecule has 0 radical (unpaired) electrons.